The fourth-order valence-corrected chi connectivity index (χ4v) is 3.83. The van der Waals surface area contributed by atoms with E-state index in [0.29, 0.717) is 17.1 Å². The second kappa shape index (κ2) is 6.61. The van der Waals surface area contributed by atoms with E-state index in [1.54, 1.807) is 22.9 Å². The summed E-state index contributed by atoms with van der Waals surface area (Å²) in [5.74, 6) is -0.629. The van der Waals surface area contributed by atoms with Crippen LogP contribution >= 0.6 is 0 Å². The zero-order valence-corrected chi connectivity index (χ0v) is 15.6. The number of carbonyl (C=O) groups excluding carboxylic acids is 1. The number of benzene rings is 1. The number of para-hydroxylation sites is 1. The molecule has 0 unspecified atom stereocenters. The standard InChI is InChI=1S/C21H21FN4O/c1-12-11-13(2)23-14(3)19(12)24-21(27)20-15-7-6-10-17(15)26(25-20)18-9-5-4-8-16(18)22/h4-5,8-9,11H,6-7,10H2,1-3H3,(H,24,27). The molecule has 0 aliphatic heterocycles. The van der Waals surface area contributed by atoms with E-state index in [9.17, 15) is 9.18 Å². The number of halogens is 1. The highest BCUT2D eigenvalue weighted by molar-refractivity contribution is 6.05. The molecule has 0 bridgehead atoms. The molecule has 0 fully saturated rings. The Hall–Kier alpha value is -3.02. The number of rotatable bonds is 3. The molecule has 1 amide bonds. The van der Waals surface area contributed by atoms with Gasteiger partial charge in [-0.3, -0.25) is 9.78 Å². The molecule has 2 heterocycles. The quantitative estimate of drug-likeness (QED) is 0.762. The largest absolute Gasteiger partial charge is 0.319 e. The SMILES string of the molecule is Cc1cc(C)c(NC(=O)c2nn(-c3ccccc3F)c3c2CCC3)c(C)n1. The summed E-state index contributed by atoms with van der Waals surface area (Å²) < 4.78 is 15.9. The van der Waals surface area contributed by atoms with Gasteiger partial charge in [-0.15, -0.1) is 0 Å². The molecule has 138 valence electrons. The van der Waals surface area contributed by atoms with Gasteiger partial charge in [0.1, 0.15) is 11.5 Å². The third kappa shape index (κ3) is 3.01. The smallest absolute Gasteiger partial charge is 0.276 e. The number of amides is 1. The minimum Gasteiger partial charge on any atom is -0.319 e. The van der Waals surface area contributed by atoms with Gasteiger partial charge in [-0.1, -0.05) is 12.1 Å². The predicted molar refractivity (Wildman–Crippen MR) is 102 cm³/mol. The number of hydrogen-bond acceptors (Lipinski definition) is 3. The van der Waals surface area contributed by atoms with Gasteiger partial charge in [0.2, 0.25) is 0 Å². The fraction of sp³-hybridized carbons (Fsp3) is 0.286. The normalized spacial score (nSPS) is 12.9. The Morgan fingerprint density at radius 3 is 2.70 bits per heavy atom. The van der Waals surface area contributed by atoms with Crippen molar-refractivity contribution in [2.45, 2.75) is 40.0 Å². The Morgan fingerprint density at radius 2 is 1.96 bits per heavy atom. The molecule has 0 spiro atoms. The van der Waals surface area contributed by atoms with Gasteiger partial charge in [-0.25, -0.2) is 9.07 Å². The van der Waals surface area contributed by atoms with E-state index in [2.05, 4.69) is 15.4 Å². The molecule has 27 heavy (non-hydrogen) atoms. The summed E-state index contributed by atoms with van der Waals surface area (Å²) in [6.45, 7) is 5.74. The Bertz CT molecular complexity index is 1030. The van der Waals surface area contributed by atoms with Gasteiger partial charge in [0.15, 0.2) is 5.69 Å². The van der Waals surface area contributed by atoms with Crippen molar-refractivity contribution < 1.29 is 9.18 Å². The topological polar surface area (TPSA) is 59.8 Å². The summed E-state index contributed by atoms with van der Waals surface area (Å²) in [5.41, 5.74) is 5.91. The van der Waals surface area contributed by atoms with Crippen LogP contribution in [0.25, 0.3) is 5.69 Å². The van der Waals surface area contributed by atoms with Gasteiger partial charge in [0.25, 0.3) is 5.91 Å². The molecular weight excluding hydrogens is 343 g/mol. The van der Waals surface area contributed by atoms with Crippen molar-refractivity contribution in [3.63, 3.8) is 0 Å². The van der Waals surface area contributed by atoms with Gasteiger partial charge in [-0.2, -0.15) is 5.10 Å². The summed E-state index contributed by atoms with van der Waals surface area (Å²) in [4.78, 5) is 17.4. The van der Waals surface area contributed by atoms with Crippen molar-refractivity contribution in [1.29, 1.82) is 0 Å². The average Bonchev–Trinajstić information content (AvgIpc) is 3.21. The minimum atomic E-state index is -0.351. The molecule has 0 saturated heterocycles. The molecule has 5 nitrogen and oxygen atoms in total. The number of pyridine rings is 1. The zero-order chi connectivity index (χ0) is 19.1. The first-order valence-corrected chi connectivity index (χ1v) is 9.07. The maximum atomic E-state index is 14.3. The average molecular weight is 364 g/mol. The number of nitrogens with one attached hydrogen (secondary N) is 1. The molecule has 4 rings (SSSR count). The highest BCUT2D eigenvalue weighted by Gasteiger charge is 2.28. The maximum Gasteiger partial charge on any atom is 0.276 e. The Labute approximate surface area is 157 Å². The van der Waals surface area contributed by atoms with Crippen LogP contribution in [-0.4, -0.2) is 20.7 Å². The summed E-state index contributed by atoms with van der Waals surface area (Å²) >= 11 is 0. The van der Waals surface area contributed by atoms with Crippen LogP contribution in [0.5, 0.6) is 0 Å². The molecule has 6 heteroatoms. The number of fused-ring (bicyclic) bond motifs is 1. The number of aryl methyl sites for hydroxylation is 3. The van der Waals surface area contributed by atoms with Crippen molar-refractivity contribution in [3.05, 3.63) is 70.1 Å². The van der Waals surface area contributed by atoms with Crippen LogP contribution in [0.4, 0.5) is 10.1 Å². The Kier molecular flexibility index (Phi) is 4.26. The Balaban J connectivity index is 1.74. The molecule has 0 saturated carbocycles. The number of hydrogen-bond donors (Lipinski definition) is 1. The van der Waals surface area contributed by atoms with E-state index in [-0.39, 0.29) is 11.7 Å². The first kappa shape index (κ1) is 17.4. The van der Waals surface area contributed by atoms with Crippen molar-refractivity contribution >= 4 is 11.6 Å². The Morgan fingerprint density at radius 1 is 1.19 bits per heavy atom. The van der Waals surface area contributed by atoms with Crippen LogP contribution < -0.4 is 5.32 Å². The lowest BCUT2D eigenvalue weighted by Gasteiger charge is -2.11. The second-order valence-electron chi connectivity index (χ2n) is 6.99. The van der Waals surface area contributed by atoms with E-state index in [1.165, 1.54) is 6.07 Å². The van der Waals surface area contributed by atoms with Crippen molar-refractivity contribution in [3.8, 4) is 5.69 Å². The predicted octanol–water partition coefficient (Wildman–Crippen LogP) is 4.07. The highest BCUT2D eigenvalue weighted by Crippen LogP contribution is 2.29. The summed E-state index contributed by atoms with van der Waals surface area (Å²) in [6, 6.07) is 8.44. The lowest BCUT2D eigenvalue weighted by molar-refractivity contribution is 0.102. The molecular formula is C21H21FN4O. The van der Waals surface area contributed by atoms with Crippen LogP contribution in [0.15, 0.2) is 30.3 Å². The molecule has 1 N–H and O–H groups in total. The van der Waals surface area contributed by atoms with E-state index in [1.807, 2.05) is 26.8 Å². The summed E-state index contributed by atoms with van der Waals surface area (Å²) in [5, 5.41) is 7.44. The maximum absolute atomic E-state index is 14.3. The molecule has 1 aromatic carbocycles. The van der Waals surface area contributed by atoms with Gasteiger partial charge < -0.3 is 5.32 Å². The summed E-state index contributed by atoms with van der Waals surface area (Å²) in [6.07, 6.45) is 2.50. The number of nitrogens with zero attached hydrogens (tertiary/aromatic N) is 3. The second-order valence-corrected chi connectivity index (χ2v) is 6.99. The van der Waals surface area contributed by atoms with Crippen molar-refractivity contribution in [2.75, 3.05) is 5.32 Å². The molecule has 0 atom stereocenters. The summed E-state index contributed by atoms with van der Waals surface area (Å²) in [7, 11) is 0. The van der Waals surface area contributed by atoms with Gasteiger partial charge in [0, 0.05) is 17.0 Å². The number of aromatic nitrogens is 3. The van der Waals surface area contributed by atoms with Gasteiger partial charge >= 0.3 is 0 Å². The third-order valence-electron chi connectivity index (χ3n) is 4.99. The molecule has 2 aromatic heterocycles. The molecule has 1 aliphatic carbocycles. The minimum absolute atomic E-state index is 0.278. The van der Waals surface area contributed by atoms with E-state index < -0.39 is 0 Å². The van der Waals surface area contributed by atoms with Crippen LogP contribution in [0.1, 0.15) is 45.1 Å². The van der Waals surface area contributed by atoms with Crippen LogP contribution in [0.2, 0.25) is 0 Å². The van der Waals surface area contributed by atoms with Gasteiger partial charge in [0.05, 0.1) is 11.4 Å². The fourth-order valence-electron chi connectivity index (χ4n) is 3.83. The van der Waals surface area contributed by atoms with Crippen LogP contribution in [-0.2, 0) is 12.8 Å². The van der Waals surface area contributed by atoms with Crippen LogP contribution in [0.3, 0.4) is 0 Å². The molecule has 1 aliphatic rings. The third-order valence-corrected chi connectivity index (χ3v) is 4.99. The first-order valence-electron chi connectivity index (χ1n) is 9.07. The monoisotopic (exact) mass is 364 g/mol. The highest BCUT2D eigenvalue weighted by atomic mass is 19.1. The van der Waals surface area contributed by atoms with E-state index in [0.717, 1.165) is 47.5 Å². The van der Waals surface area contributed by atoms with Crippen LogP contribution in [0, 0.1) is 26.6 Å². The molecule has 3 aromatic rings. The first-order chi connectivity index (χ1) is 13.0. The van der Waals surface area contributed by atoms with Crippen molar-refractivity contribution in [2.24, 2.45) is 0 Å². The van der Waals surface area contributed by atoms with Gasteiger partial charge in [-0.05, 0) is 63.8 Å². The number of carbonyl (C=O) groups is 1. The lowest BCUT2D eigenvalue weighted by atomic mass is 10.1. The lowest BCUT2D eigenvalue weighted by Crippen LogP contribution is -2.17. The molecule has 0 radical (unpaired) electrons. The zero-order valence-electron chi connectivity index (χ0n) is 15.6. The van der Waals surface area contributed by atoms with E-state index in [4.69, 9.17) is 0 Å². The van der Waals surface area contributed by atoms with Crippen molar-refractivity contribution in [1.82, 2.24) is 14.8 Å². The number of anilines is 1. The van der Waals surface area contributed by atoms with E-state index >= 15 is 0 Å².